The molecule has 0 bridgehead atoms. The van der Waals surface area contributed by atoms with Crippen LogP contribution >= 0.6 is 23.4 Å². The number of hydrogen-bond donors (Lipinski definition) is 0. The van der Waals surface area contributed by atoms with Gasteiger partial charge in [-0.05, 0) is 48.4 Å². The van der Waals surface area contributed by atoms with Crippen LogP contribution in [0.5, 0.6) is 5.75 Å². The van der Waals surface area contributed by atoms with Gasteiger partial charge in [-0.2, -0.15) is 0 Å². The van der Waals surface area contributed by atoms with Crippen molar-refractivity contribution in [3.63, 3.8) is 0 Å². The number of ether oxygens (including phenoxy) is 1. The minimum absolute atomic E-state index is 0.187. The Bertz CT molecular complexity index is 824. The highest BCUT2D eigenvalue weighted by molar-refractivity contribution is 7.98. The van der Waals surface area contributed by atoms with Crippen LogP contribution in [0, 0.1) is 12.7 Å². The normalized spacial score (nSPS) is 10.8. The predicted octanol–water partition coefficient (Wildman–Crippen LogP) is 5.04. The van der Waals surface area contributed by atoms with Gasteiger partial charge in [0.25, 0.3) is 11.1 Å². The molecular weight excluding hydrogens is 351 g/mol. The van der Waals surface area contributed by atoms with Crippen molar-refractivity contribution in [2.75, 3.05) is 0 Å². The summed E-state index contributed by atoms with van der Waals surface area (Å²) in [5, 5.41) is 9.04. The molecule has 124 valence electrons. The highest BCUT2D eigenvalue weighted by Gasteiger charge is 2.09. The molecule has 0 aliphatic carbocycles. The molecule has 0 saturated heterocycles. The molecule has 3 rings (SSSR count). The lowest BCUT2D eigenvalue weighted by molar-refractivity contribution is 0.251. The quantitative estimate of drug-likeness (QED) is 0.573. The number of aryl methyl sites for hydroxylation is 1. The second-order valence-electron chi connectivity index (χ2n) is 5.08. The van der Waals surface area contributed by atoms with Gasteiger partial charge in [0.2, 0.25) is 0 Å². The van der Waals surface area contributed by atoms with Crippen molar-refractivity contribution in [1.82, 2.24) is 10.2 Å². The Morgan fingerprint density at radius 1 is 1.17 bits per heavy atom. The third-order valence-corrected chi connectivity index (χ3v) is 4.34. The Morgan fingerprint density at radius 2 is 1.96 bits per heavy atom. The number of benzene rings is 2. The summed E-state index contributed by atoms with van der Waals surface area (Å²) in [5.74, 6) is 1.49. The van der Waals surface area contributed by atoms with Crippen LogP contribution in [0.4, 0.5) is 4.39 Å². The van der Waals surface area contributed by atoms with Gasteiger partial charge in [-0.15, -0.1) is 10.2 Å². The molecule has 0 aliphatic heterocycles. The monoisotopic (exact) mass is 364 g/mol. The van der Waals surface area contributed by atoms with E-state index in [2.05, 4.69) is 10.2 Å². The maximum Gasteiger partial charge on any atom is 0.277 e. The zero-order valence-corrected chi connectivity index (χ0v) is 14.4. The van der Waals surface area contributed by atoms with E-state index in [0.29, 0.717) is 21.9 Å². The van der Waals surface area contributed by atoms with E-state index in [1.165, 1.54) is 23.9 Å². The van der Waals surface area contributed by atoms with Crippen LogP contribution in [-0.4, -0.2) is 10.2 Å². The molecule has 0 spiro atoms. The number of aromatic nitrogens is 2. The zero-order chi connectivity index (χ0) is 16.9. The van der Waals surface area contributed by atoms with Crippen LogP contribution in [0.2, 0.25) is 5.02 Å². The average molecular weight is 365 g/mol. The summed E-state index contributed by atoms with van der Waals surface area (Å²) in [7, 11) is 0. The molecule has 1 aromatic heterocycles. The first kappa shape index (κ1) is 16.8. The van der Waals surface area contributed by atoms with E-state index < -0.39 is 0 Å². The molecule has 0 aliphatic rings. The fourth-order valence-corrected chi connectivity index (χ4v) is 2.96. The van der Waals surface area contributed by atoms with E-state index in [-0.39, 0.29) is 12.4 Å². The minimum atomic E-state index is -0.251. The van der Waals surface area contributed by atoms with Crippen molar-refractivity contribution in [2.24, 2.45) is 0 Å². The summed E-state index contributed by atoms with van der Waals surface area (Å²) < 4.78 is 24.1. The van der Waals surface area contributed by atoms with Gasteiger partial charge in [0.15, 0.2) is 6.61 Å². The Balaban J connectivity index is 1.54. The van der Waals surface area contributed by atoms with Gasteiger partial charge in [0.05, 0.1) is 0 Å². The molecule has 24 heavy (non-hydrogen) atoms. The average Bonchev–Trinajstić information content (AvgIpc) is 3.01. The van der Waals surface area contributed by atoms with E-state index in [1.807, 2.05) is 13.0 Å². The second kappa shape index (κ2) is 7.68. The Hall–Kier alpha value is -2.05. The molecule has 2 aromatic carbocycles. The first-order valence-corrected chi connectivity index (χ1v) is 8.55. The lowest BCUT2D eigenvalue weighted by Gasteiger charge is -2.06. The minimum Gasteiger partial charge on any atom is -0.484 e. The van der Waals surface area contributed by atoms with Crippen LogP contribution in [-0.2, 0) is 12.4 Å². The van der Waals surface area contributed by atoms with E-state index in [0.717, 1.165) is 16.9 Å². The van der Waals surface area contributed by atoms with Crippen molar-refractivity contribution < 1.29 is 13.5 Å². The fourth-order valence-electron chi connectivity index (χ4n) is 1.99. The molecular formula is C17H14ClFN2O2S. The summed E-state index contributed by atoms with van der Waals surface area (Å²) in [5.41, 5.74) is 1.92. The maximum atomic E-state index is 12.9. The van der Waals surface area contributed by atoms with Crippen LogP contribution in [0.3, 0.4) is 0 Å². The number of rotatable bonds is 6. The molecule has 3 aromatic rings. The van der Waals surface area contributed by atoms with Gasteiger partial charge in [0.1, 0.15) is 11.6 Å². The van der Waals surface area contributed by atoms with Crippen molar-refractivity contribution in [1.29, 1.82) is 0 Å². The number of thioether (sulfide) groups is 1. The van der Waals surface area contributed by atoms with Crippen molar-refractivity contribution in [2.45, 2.75) is 24.5 Å². The molecule has 0 unspecified atom stereocenters. The highest BCUT2D eigenvalue weighted by atomic mass is 35.5. The number of hydrogen-bond acceptors (Lipinski definition) is 5. The molecule has 0 atom stereocenters. The lowest BCUT2D eigenvalue weighted by atomic mass is 10.2. The van der Waals surface area contributed by atoms with E-state index >= 15 is 0 Å². The SMILES string of the molecule is Cc1cc(Cl)ccc1OCc1nnc(SCc2ccc(F)cc2)o1. The third-order valence-electron chi connectivity index (χ3n) is 3.21. The highest BCUT2D eigenvalue weighted by Crippen LogP contribution is 2.24. The third kappa shape index (κ3) is 4.49. The standard InChI is InChI=1S/C17H14ClFN2O2S/c1-11-8-13(18)4-7-15(11)22-9-16-20-21-17(23-16)24-10-12-2-5-14(19)6-3-12/h2-8H,9-10H2,1H3. The summed E-state index contributed by atoms with van der Waals surface area (Å²) in [6.45, 7) is 2.10. The summed E-state index contributed by atoms with van der Waals surface area (Å²) in [6.07, 6.45) is 0. The summed E-state index contributed by atoms with van der Waals surface area (Å²) >= 11 is 7.30. The Morgan fingerprint density at radius 3 is 2.71 bits per heavy atom. The number of nitrogens with zero attached hydrogens (tertiary/aromatic N) is 2. The molecule has 0 fully saturated rings. The molecule has 0 amide bonds. The molecule has 4 nitrogen and oxygen atoms in total. The molecule has 7 heteroatoms. The van der Waals surface area contributed by atoms with Gasteiger partial charge in [0, 0.05) is 10.8 Å². The van der Waals surface area contributed by atoms with Crippen LogP contribution in [0.1, 0.15) is 17.0 Å². The maximum absolute atomic E-state index is 12.9. The fraction of sp³-hybridized carbons (Fsp3) is 0.176. The Kier molecular flexibility index (Phi) is 5.37. The first-order chi connectivity index (χ1) is 11.6. The summed E-state index contributed by atoms with van der Waals surface area (Å²) in [6, 6.07) is 11.7. The largest absolute Gasteiger partial charge is 0.484 e. The molecule has 0 saturated carbocycles. The van der Waals surface area contributed by atoms with Gasteiger partial charge in [-0.25, -0.2) is 4.39 Å². The van der Waals surface area contributed by atoms with Crippen molar-refractivity contribution >= 4 is 23.4 Å². The topological polar surface area (TPSA) is 48.2 Å². The smallest absolute Gasteiger partial charge is 0.277 e. The lowest BCUT2D eigenvalue weighted by Crippen LogP contribution is -1.97. The van der Waals surface area contributed by atoms with Gasteiger partial charge >= 0.3 is 0 Å². The Labute approximate surface area is 148 Å². The predicted molar refractivity (Wildman–Crippen MR) is 90.8 cm³/mol. The second-order valence-corrected chi connectivity index (χ2v) is 6.44. The van der Waals surface area contributed by atoms with E-state index in [9.17, 15) is 4.39 Å². The van der Waals surface area contributed by atoms with Gasteiger partial charge in [-0.3, -0.25) is 0 Å². The number of halogens is 2. The van der Waals surface area contributed by atoms with E-state index in [4.69, 9.17) is 20.8 Å². The molecule has 0 N–H and O–H groups in total. The molecule has 0 radical (unpaired) electrons. The first-order valence-electron chi connectivity index (χ1n) is 7.19. The van der Waals surface area contributed by atoms with Crippen LogP contribution in [0.25, 0.3) is 0 Å². The van der Waals surface area contributed by atoms with Gasteiger partial charge in [-0.1, -0.05) is 35.5 Å². The molecule has 1 heterocycles. The van der Waals surface area contributed by atoms with Crippen LogP contribution in [0.15, 0.2) is 52.1 Å². The zero-order valence-electron chi connectivity index (χ0n) is 12.8. The van der Waals surface area contributed by atoms with Gasteiger partial charge < -0.3 is 9.15 Å². The van der Waals surface area contributed by atoms with Crippen molar-refractivity contribution in [3.8, 4) is 5.75 Å². The van der Waals surface area contributed by atoms with Crippen LogP contribution < -0.4 is 4.74 Å². The van der Waals surface area contributed by atoms with Crippen molar-refractivity contribution in [3.05, 3.63) is 70.3 Å². The van der Waals surface area contributed by atoms with E-state index in [1.54, 1.807) is 24.3 Å². The summed E-state index contributed by atoms with van der Waals surface area (Å²) in [4.78, 5) is 0.